The molecule has 104 valence electrons. The molecule has 1 aromatic heterocycles. The predicted molar refractivity (Wildman–Crippen MR) is 73.5 cm³/mol. The summed E-state index contributed by atoms with van der Waals surface area (Å²) in [5.41, 5.74) is 0.857. The van der Waals surface area contributed by atoms with Crippen molar-refractivity contribution in [2.75, 3.05) is 7.11 Å². The van der Waals surface area contributed by atoms with E-state index in [1.165, 1.54) is 12.3 Å². The highest BCUT2D eigenvalue weighted by Crippen LogP contribution is 2.26. The zero-order valence-electron chi connectivity index (χ0n) is 10.7. The van der Waals surface area contributed by atoms with Crippen LogP contribution in [0.5, 0.6) is 11.6 Å². The SMILES string of the molecule is COc1ccc(COc2nccc(C(=O)O)c2Cl)cc1. The van der Waals surface area contributed by atoms with Crippen LogP contribution in [0.2, 0.25) is 5.02 Å². The number of hydrogen-bond donors (Lipinski definition) is 1. The van der Waals surface area contributed by atoms with Gasteiger partial charge in [0.1, 0.15) is 17.4 Å². The zero-order chi connectivity index (χ0) is 14.5. The Labute approximate surface area is 120 Å². The van der Waals surface area contributed by atoms with Gasteiger partial charge in [0.15, 0.2) is 0 Å². The molecule has 0 aliphatic heterocycles. The van der Waals surface area contributed by atoms with Gasteiger partial charge in [0.2, 0.25) is 5.88 Å². The Hall–Kier alpha value is -2.27. The molecule has 5 nitrogen and oxygen atoms in total. The van der Waals surface area contributed by atoms with Crippen LogP contribution in [-0.4, -0.2) is 23.2 Å². The number of carbonyl (C=O) groups is 1. The summed E-state index contributed by atoms with van der Waals surface area (Å²) in [7, 11) is 1.59. The number of aromatic nitrogens is 1. The number of pyridine rings is 1. The van der Waals surface area contributed by atoms with Gasteiger partial charge < -0.3 is 14.6 Å². The average molecular weight is 294 g/mol. The first kappa shape index (κ1) is 14.1. The lowest BCUT2D eigenvalue weighted by atomic mass is 10.2. The fourth-order valence-corrected chi connectivity index (χ4v) is 1.81. The minimum absolute atomic E-state index is 0.00601. The van der Waals surface area contributed by atoms with Gasteiger partial charge in [-0.3, -0.25) is 0 Å². The minimum atomic E-state index is -1.12. The van der Waals surface area contributed by atoms with Crippen LogP contribution >= 0.6 is 11.6 Å². The molecule has 6 heteroatoms. The lowest BCUT2D eigenvalue weighted by Gasteiger charge is -2.08. The Balaban J connectivity index is 2.10. The Morgan fingerprint density at radius 3 is 2.60 bits per heavy atom. The van der Waals surface area contributed by atoms with Crippen LogP contribution in [0.25, 0.3) is 0 Å². The summed E-state index contributed by atoms with van der Waals surface area (Å²) in [5, 5.41) is 8.95. The number of hydrogen-bond acceptors (Lipinski definition) is 4. The molecule has 0 fully saturated rings. The van der Waals surface area contributed by atoms with Crippen LogP contribution in [0, 0.1) is 0 Å². The van der Waals surface area contributed by atoms with Crippen molar-refractivity contribution >= 4 is 17.6 Å². The van der Waals surface area contributed by atoms with Crippen molar-refractivity contribution in [3.8, 4) is 11.6 Å². The molecule has 0 saturated heterocycles. The van der Waals surface area contributed by atoms with Crippen LogP contribution in [0.3, 0.4) is 0 Å². The molecule has 0 aliphatic carbocycles. The molecule has 0 saturated carbocycles. The van der Waals surface area contributed by atoms with Crippen molar-refractivity contribution in [1.29, 1.82) is 0 Å². The molecule has 0 spiro atoms. The quantitative estimate of drug-likeness (QED) is 0.917. The van der Waals surface area contributed by atoms with Crippen LogP contribution in [-0.2, 0) is 6.61 Å². The van der Waals surface area contributed by atoms with E-state index in [0.717, 1.165) is 11.3 Å². The van der Waals surface area contributed by atoms with Gasteiger partial charge in [-0.2, -0.15) is 0 Å². The van der Waals surface area contributed by atoms with E-state index >= 15 is 0 Å². The molecule has 0 amide bonds. The standard InChI is InChI=1S/C14H12ClNO4/c1-19-10-4-2-9(3-5-10)8-20-13-12(15)11(14(17)18)6-7-16-13/h2-7H,8H2,1H3,(H,17,18). The Morgan fingerprint density at radius 2 is 2.00 bits per heavy atom. The largest absolute Gasteiger partial charge is 0.497 e. The van der Waals surface area contributed by atoms with Crippen LogP contribution in [0.4, 0.5) is 0 Å². The van der Waals surface area contributed by atoms with Crippen molar-refractivity contribution in [3.63, 3.8) is 0 Å². The van der Waals surface area contributed by atoms with Crippen molar-refractivity contribution in [2.24, 2.45) is 0 Å². The highest BCUT2D eigenvalue weighted by atomic mass is 35.5. The number of methoxy groups -OCH3 is 1. The van der Waals surface area contributed by atoms with Gasteiger partial charge in [-0.15, -0.1) is 0 Å². The van der Waals surface area contributed by atoms with Crippen LogP contribution in [0.1, 0.15) is 15.9 Å². The third-order valence-corrected chi connectivity index (χ3v) is 2.99. The Bertz CT molecular complexity index is 613. The van der Waals surface area contributed by atoms with Gasteiger partial charge in [0, 0.05) is 6.20 Å². The summed E-state index contributed by atoms with van der Waals surface area (Å²) < 4.78 is 10.5. The normalized spacial score (nSPS) is 10.1. The van der Waals surface area contributed by atoms with Crippen molar-refractivity contribution in [3.05, 3.63) is 52.7 Å². The van der Waals surface area contributed by atoms with Gasteiger partial charge >= 0.3 is 5.97 Å². The molecule has 1 heterocycles. The lowest BCUT2D eigenvalue weighted by Crippen LogP contribution is -2.03. The topological polar surface area (TPSA) is 68.7 Å². The molecule has 2 aromatic rings. The number of carboxylic acids is 1. The van der Waals surface area contributed by atoms with Crippen molar-refractivity contribution in [1.82, 2.24) is 4.98 Å². The maximum Gasteiger partial charge on any atom is 0.337 e. The summed E-state index contributed by atoms with van der Waals surface area (Å²) >= 11 is 5.93. The molecule has 20 heavy (non-hydrogen) atoms. The van der Waals surface area contributed by atoms with Crippen molar-refractivity contribution in [2.45, 2.75) is 6.61 Å². The van der Waals surface area contributed by atoms with E-state index < -0.39 is 5.97 Å². The average Bonchev–Trinajstić information content (AvgIpc) is 2.46. The molecule has 0 atom stereocenters. The number of benzene rings is 1. The monoisotopic (exact) mass is 293 g/mol. The third-order valence-electron chi connectivity index (χ3n) is 2.62. The summed E-state index contributed by atoms with van der Waals surface area (Å²) in [4.78, 5) is 14.9. The number of nitrogens with zero attached hydrogens (tertiary/aromatic N) is 1. The predicted octanol–water partition coefficient (Wildman–Crippen LogP) is 3.02. The highest BCUT2D eigenvalue weighted by Gasteiger charge is 2.14. The Morgan fingerprint density at radius 1 is 1.30 bits per heavy atom. The second kappa shape index (κ2) is 6.25. The number of aromatic carboxylic acids is 1. The van der Waals surface area contributed by atoms with E-state index in [2.05, 4.69) is 4.98 Å². The number of ether oxygens (including phenoxy) is 2. The molecule has 2 rings (SSSR count). The number of carboxylic acid groups (broad SMARTS) is 1. The molecule has 0 bridgehead atoms. The highest BCUT2D eigenvalue weighted by molar-refractivity contribution is 6.34. The number of halogens is 1. The molecule has 1 aromatic carbocycles. The summed E-state index contributed by atoms with van der Waals surface area (Å²) in [6, 6.07) is 8.62. The fraction of sp³-hybridized carbons (Fsp3) is 0.143. The van der Waals surface area contributed by atoms with Crippen molar-refractivity contribution < 1.29 is 19.4 Å². The second-order valence-electron chi connectivity index (χ2n) is 3.92. The van der Waals surface area contributed by atoms with E-state index in [1.54, 1.807) is 19.2 Å². The molecule has 0 radical (unpaired) electrons. The Kier molecular flexibility index (Phi) is 4.42. The fourth-order valence-electron chi connectivity index (χ4n) is 1.56. The molecular formula is C14H12ClNO4. The minimum Gasteiger partial charge on any atom is -0.497 e. The van der Waals surface area contributed by atoms with Gasteiger partial charge in [0.25, 0.3) is 0 Å². The van der Waals surface area contributed by atoms with Crippen LogP contribution in [0.15, 0.2) is 36.5 Å². The lowest BCUT2D eigenvalue weighted by molar-refractivity contribution is 0.0696. The van der Waals surface area contributed by atoms with E-state index in [-0.39, 0.29) is 23.1 Å². The van der Waals surface area contributed by atoms with Gasteiger partial charge in [0.05, 0.1) is 12.7 Å². The van der Waals surface area contributed by atoms with Gasteiger partial charge in [-0.1, -0.05) is 23.7 Å². The first-order chi connectivity index (χ1) is 9.61. The maximum absolute atomic E-state index is 10.9. The number of rotatable bonds is 5. The molecule has 0 unspecified atom stereocenters. The van der Waals surface area contributed by atoms with E-state index in [9.17, 15) is 4.79 Å². The van der Waals surface area contributed by atoms with E-state index in [4.69, 9.17) is 26.2 Å². The second-order valence-corrected chi connectivity index (χ2v) is 4.30. The first-order valence-electron chi connectivity index (χ1n) is 5.75. The molecule has 1 N–H and O–H groups in total. The van der Waals surface area contributed by atoms with Gasteiger partial charge in [-0.05, 0) is 23.8 Å². The van der Waals surface area contributed by atoms with E-state index in [0.29, 0.717) is 0 Å². The summed E-state index contributed by atoms with van der Waals surface area (Å²) in [5.74, 6) is -0.271. The summed E-state index contributed by atoms with van der Waals surface area (Å²) in [6.45, 7) is 0.236. The summed E-state index contributed by atoms with van der Waals surface area (Å²) in [6.07, 6.45) is 1.35. The van der Waals surface area contributed by atoms with Gasteiger partial charge in [-0.25, -0.2) is 9.78 Å². The van der Waals surface area contributed by atoms with Crippen LogP contribution < -0.4 is 9.47 Å². The maximum atomic E-state index is 10.9. The van der Waals surface area contributed by atoms with E-state index in [1.807, 2.05) is 12.1 Å². The molecular weight excluding hydrogens is 282 g/mol. The first-order valence-corrected chi connectivity index (χ1v) is 6.13. The molecule has 0 aliphatic rings. The smallest absolute Gasteiger partial charge is 0.337 e. The third kappa shape index (κ3) is 3.19. The zero-order valence-corrected chi connectivity index (χ0v) is 11.4.